The molecule has 2 saturated heterocycles. The second-order valence-electron chi connectivity index (χ2n) is 12.7. The fourth-order valence-corrected chi connectivity index (χ4v) is 9.02. The summed E-state index contributed by atoms with van der Waals surface area (Å²) in [7, 11) is -1.91. The van der Waals surface area contributed by atoms with Crippen LogP contribution < -0.4 is 23.8 Å². The number of nitriles is 1. The smallest absolute Gasteiger partial charge is 0.318 e. The van der Waals surface area contributed by atoms with Gasteiger partial charge in [0.2, 0.25) is 0 Å². The maximum Gasteiger partial charge on any atom is 0.318 e. The Hall–Kier alpha value is -4.84. The number of para-hydroxylation sites is 1. The summed E-state index contributed by atoms with van der Waals surface area (Å²) in [5.74, 6) is -0.341. The second kappa shape index (κ2) is 14.8. The van der Waals surface area contributed by atoms with Gasteiger partial charge in [0.25, 0.3) is 15.9 Å². The molecule has 0 saturated carbocycles. The monoisotopic (exact) mass is 716 g/mol. The number of ether oxygens (including phenoxy) is 3. The number of rotatable bonds is 10. The Balaban J connectivity index is 1.43. The van der Waals surface area contributed by atoms with E-state index in [1.807, 2.05) is 0 Å². The molecule has 3 aromatic carbocycles. The van der Waals surface area contributed by atoms with Gasteiger partial charge in [0, 0.05) is 62.5 Å². The van der Waals surface area contributed by atoms with Crippen molar-refractivity contribution in [2.24, 2.45) is 0 Å². The number of fused-ring (bicyclic) bond motifs is 1. The van der Waals surface area contributed by atoms with E-state index in [0.29, 0.717) is 29.2 Å². The van der Waals surface area contributed by atoms with Gasteiger partial charge >= 0.3 is 6.03 Å². The molecule has 3 aliphatic rings. The summed E-state index contributed by atoms with van der Waals surface area (Å²) in [6.45, 7) is 10.2. The highest BCUT2D eigenvalue weighted by Gasteiger charge is 2.59. The highest BCUT2D eigenvalue weighted by atomic mass is 32.2. The molecule has 0 bridgehead atoms. The van der Waals surface area contributed by atoms with E-state index in [-0.39, 0.29) is 45.4 Å². The van der Waals surface area contributed by atoms with Crippen molar-refractivity contribution in [1.29, 1.82) is 5.26 Å². The van der Waals surface area contributed by atoms with Crippen LogP contribution >= 0.6 is 0 Å². The van der Waals surface area contributed by atoms with Gasteiger partial charge in [-0.2, -0.15) is 9.57 Å². The number of urea groups is 1. The van der Waals surface area contributed by atoms with E-state index < -0.39 is 27.5 Å². The number of amides is 3. The second-order valence-corrected chi connectivity index (χ2v) is 14.5. The van der Waals surface area contributed by atoms with E-state index in [0.717, 1.165) is 45.6 Å². The zero-order chi connectivity index (χ0) is 36.3. The van der Waals surface area contributed by atoms with Crippen LogP contribution in [-0.4, -0.2) is 108 Å². The lowest BCUT2D eigenvalue weighted by Crippen LogP contribution is -2.59. The van der Waals surface area contributed by atoms with Gasteiger partial charge < -0.3 is 29.3 Å². The van der Waals surface area contributed by atoms with Gasteiger partial charge in [-0.15, -0.1) is 0 Å². The number of piperidine rings is 1. The van der Waals surface area contributed by atoms with Crippen LogP contribution in [0.1, 0.15) is 43.4 Å². The minimum absolute atomic E-state index is 0.00611. The van der Waals surface area contributed by atoms with Gasteiger partial charge in [0.15, 0.2) is 5.54 Å². The molecule has 0 aromatic heterocycles. The Morgan fingerprint density at radius 1 is 0.922 bits per heavy atom. The molecular formula is C37H44N6O7S. The van der Waals surface area contributed by atoms with E-state index in [1.165, 1.54) is 50.6 Å². The molecule has 0 radical (unpaired) electrons. The van der Waals surface area contributed by atoms with Crippen LogP contribution in [0.25, 0.3) is 0 Å². The SMILES string of the molecule is CCOc1ccccc1C1(NC(=O)N2CCC(N3CCN(CC)CC3)CC2)C(=O)N(S(=O)(=O)c2ccc(OC)cc2OC)c2ccc(C#N)cc21. The van der Waals surface area contributed by atoms with E-state index in [1.54, 1.807) is 36.1 Å². The third kappa shape index (κ3) is 6.45. The molecule has 3 aromatic rings. The average Bonchev–Trinajstić information content (AvgIpc) is 3.42. The lowest BCUT2D eigenvalue weighted by atomic mass is 9.82. The summed E-state index contributed by atoms with van der Waals surface area (Å²) < 4.78 is 46.7. The van der Waals surface area contributed by atoms with Crippen molar-refractivity contribution in [3.63, 3.8) is 0 Å². The molecule has 1 atom stereocenters. The number of carbonyl (C=O) groups is 2. The summed E-state index contributed by atoms with van der Waals surface area (Å²) >= 11 is 0. The first kappa shape index (κ1) is 36.0. The molecule has 2 fully saturated rings. The lowest BCUT2D eigenvalue weighted by molar-refractivity contribution is -0.121. The first-order chi connectivity index (χ1) is 24.6. The molecule has 3 heterocycles. The summed E-state index contributed by atoms with van der Waals surface area (Å²) in [6.07, 6.45) is 1.53. The highest BCUT2D eigenvalue weighted by molar-refractivity contribution is 7.93. The van der Waals surface area contributed by atoms with Gasteiger partial charge in [0.05, 0.1) is 38.1 Å². The number of carbonyl (C=O) groups excluding carboxylic acids is 2. The van der Waals surface area contributed by atoms with Gasteiger partial charge in [-0.1, -0.05) is 25.1 Å². The molecule has 3 amide bonds. The number of nitrogens with one attached hydrogen (secondary N) is 1. The Bertz CT molecular complexity index is 1930. The van der Waals surface area contributed by atoms with Gasteiger partial charge in [-0.05, 0) is 62.7 Å². The van der Waals surface area contributed by atoms with Crippen LogP contribution in [0.15, 0.2) is 65.6 Å². The number of methoxy groups -OCH3 is 2. The van der Waals surface area contributed by atoms with Crippen LogP contribution in [0.5, 0.6) is 17.2 Å². The van der Waals surface area contributed by atoms with Crippen molar-refractivity contribution in [3.8, 4) is 23.3 Å². The molecule has 1 N–H and O–H groups in total. The highest BCUT2D eigenvalue weighted by Crippen LogP contribution is 2.50. The molecular weight excluding hydrogens is 673 g/mol. The maximum atomic E-state index is 15.2. The van der Waals surface area contributed by atoms with Crippen molar-refractivity contribution >= 4 is 27.6 Å². The lowest BCUT2D eigenvalue weighted by Gasteiger charge is -2.43. The molecule has 6 rings (SSSR count). The average molecular weight is 717 g/mol. The zero-order valence-corrected chi connectivity index (χ0v) is 30.2. The summed E-state index contributed by atoms with van der Waals surface area (Å²) in [4.78, 5) is 35.9. The number of hydrogen-bond donors (Lipinski definition) is 1. The number of likely N-dealkylation sites (tertiary alicyclic amines) is 1. The van der Waals surface area contributed by atoms with Gasteiger partial charge in [-0.25, -0.2) is 13.2 Å². The normalized spacial score (nSPS) is 20.1. The molecule has 14 heteroatoms. The molecule has 51 heavy (non-hydrogen) atoms. The van der Waals surface area contributed by atoms with E-state index in [4.69, 9.17) is 14.2 Å². The van der Waals surface area contributed by atoms with Crippen molar-refractivity contribution in [2.45, 2.75) is 43.2 Å². The van der Waals surface area contributed by atoms with Crippen molar-refractivity contribution in [1.82, 2.24) is 20.0 Å². The zero-order valence-electron chi connectivity index (χ0n) is 29.4. The van der Waals surface area contributed by atoms with Crippen molar-refractivity contribution in [3.05, 3.63) is 77.4 Å². The number of likely N-dealkylation sites (N-methyl/N-ethyl adjacent to an activating group) is 1. The first-order valence-corrected chi connectivity index (χ1v) is 18.7. The Morgan fingerprint density at radius 2 is 1.65 bits per heavy atom. The van der Waals surface area contributed by atoms with Crippen LogP contribution in [0.3, 0.4) is 0 Å². The Morgan fingerprint density at radius 3 is 2.29 bits per heavy atom. The van der Waals surface area contributed by atoms with Crippen LogP contribution in [0, 0.1) is 11.3 Å². The summed E-state index contributed by atoms with van der Waals surface area (Å²) in [6, 6.07) is 17.1. The minimum Gasteiger partial charge on any atom is -0.497 e. The number of benzene rings is 3. The summed E-state index contributed by atoms with van der Waals surface area (Å²) in [5.41, 5.74) is -1.53. The summed E-state index contributed by atoms with van der Waals surface area (Å²) in [5, 5.41) is 13.0. The molecule has 0 spiro atoms. The molecule has 0 aliphatic carbocycles. The largest absolute Gasteiger partial charge is 0.497 e. The number of sulfonamides is 1. The predicted octanol–water partition coefficient (Wildman–Crippen LogP) is 3.76. The van der Waals surface area contributed by atoms with Gasteiger partial charge in [-0.3, -0.25) is 9.69 Å². The molecule has 270 valence electrons. The number of anilines is 1. The fourth-order valence-electron chi connectivity index (χ4n) is 7.41. The number of nitrogens with zero attached hydrogens (tertiary/aromatic N) is 5. The molecule has 1 unspecified atom stereocenters. The molecule has 13 nitrogen and oxygen atoms in total. The quantitative estimate of drug-likeness (QED) is 0.329. The Kier molecular flexibility index (Phi) is 10.4. The third-order valence-corrected chi connectivity index (χ3v) is 11.9. The first-order valence-electron chi connectivity index (χ1n) is 17.2. The van der Waals surface area contributed by atoms with Gasteiger partial charge in [0.1, 0.15) is 22.1 Å². The Labute approximate surface area is 299 Å². The number of piperazine rings is 1. The van der Waals surface area contributed by atoms with E-state index >= 15 is 4.79 Å². The van der Waals surface area contributed by atoms with Crippen LogP contribution in [-0.2, 0) is 20.4 Å². The van der Waals surface area contributed by atoms with Crippen LogP contribution in [0.4, 0.5) is 10.5 Å². The topological polar surface area (TPSA) is 145 Å². The van der Waals surface area contributed by atoms with Crippen molar-refractivity contribution in [2.75, 3.05) is 70.9 Å². The standard InChI is InChI=1S/C37H44N6O7S/c1-5-40-19-21-41(22-20-40)27-15-17-42(18-16-27)36(45)39-37(29-9-7-8-10-32(29)50-6-2)30-23-26(25-38)11-13-31(30)43(35(37)44)51(46,47)34-14-12-28(48-3)24-33(34)49-4/h7-14,23-24,27H,5-6,15-22H2,1-4H3,(H,39,45). The van der Waals surface area contributed by atoms with Crippen molar-refractivity contribution < 1.29 is 32.2 Å². The minimum atomic E-state index is -4.67. The number of hydrogen-bond acceptors (Lipinski definition) is 10. The van der Waals surface area contributed by atoms with E-state index in [9.17, 15) is 18.5 Å². The fraction of sp³-hybridized carbons (Fsp3) is 0.432. The predicted molar refractivity (Wildman–Crippen MR) is 191 cm³/mol. The van der Waals surface area contributed by atoms with Crippen LogP contribution in [0.2, 0.25) is 0 Å². The van der Waals surface area contributed by atoms with E-state index in [2.05, 4.69) is 28.1 Å². The third-order valence-electron chi connectivity index (χ3n) is 10.2. The molecule has 3 aliphatic heterocycles. The maximum absolute atomic E-state index is 15.2.